The zero-order chi connectivity index (χ0) is 16.0. The molecule has 0 aromatic heterocycles. The molecule has 0 rings (SSSR count). The summed E-state index contributed by atoms with van der Waals surface area (Å²) in [6.45, 7) is 14.3. The van der Waals surface area contributed by atoms with Crippen LogP contribution in [0.25, 0.3) is 0 Å². The molecule has 0 aromatic rings. The molecular weight excluding hydrogens is 275 g/mol. The minimum absolute atomic E-state index is 0.00146. The quantitative estimate of drug-likeness (QED) is 0.587. The number of carbonyl (C=O) groups excluding carboxylic acids is 1. The lowest BCUT2D eigenvalue weighted by Gasteiger charge is -2.33. The second kappa shape index (κ2) is 8.31. The normalized spacial score (nSPS) is 14.6. The van der Waals surface area contributed by atoms with Crippen molar-refractivity contribution in [1.82, 2.24) is 0 Å². The molecule has 0 saturated heterocycles. The van der Waals surface area contributed by atoms with Crippen molar-refractivity contribution in [1.29, 1.82) is 0 Å². The van der Waals surface area contributed by atoms with Crippen molar-refractivity contribution in [2.75, 3.05) is 19.4 Å². The van der Waals surface area contributed by atoms with Gasteiger partial charge in [0.15, 0.2) is 0 Å². The molecule has 0 spiro atoms. The number of hydrogen-bond acceptors (Lipinski definition) is 4. The Balaban J connectivity index is 5.05. The van der Waals surface area contributed by atoms with Gasteiger partial charge < -0.3 is 9.05 Å². The van der Waals surface area contributed by atoms with Crippen molar-refractivity contribution in [2.45, 2.75) is 54.9 Å². The Bertz CT molecular complexity index is 334. The van der Waals surface area contributed by atoms with Gasteiger partial charge in [0.2, 0.25) is 0 Å². The van der Waals surface area contributed by atoms with E-state index in [-0.39, 0.29) is 23.0 Å². The molecule has 0 unspecified atom stereocenters. The van der Waals surface area contributed by atoms with Crippen LogP contribution in [0.4, 0.5) is 0 Å². The Morgan fingerprint density at radius 3 is 1.85 bits per heavy atom. The van der Waals surface area contributed by atoms with Crippen molar-refractivity contribution in [3.63, 3.8) is 0 Å². The molecule has 1 atom stereocenters. The lowest BCUT2D eigenvalue weighted by atomic mass is 9.78. The highest BCUT2D eigenvalue weighted by atomic mass is 31.2. The maximum absolute atomic E-state index is 12.7. The molecule has 0 fully saturated rings. The van der Waals surface area contributed by atoms with Gasteiger partial charge in [-0.05, 0) is 25.2 Å². The van der Waals surface area contributed by atoms with E-state index in [2.05, 4.69) is 20.8 Å². The van der Waals surface area contributed by atoms with Gasteiger partial charge in [0.1, 0.15) is 5.78 Å². The Kier molecular flexibility index (Phi) is 8.23. The third-order valence-electron chi connectivity index (χ3n) is 3.41. The van der Waals surface area contributed by atoms with Crippen LogP contribution in [0.15, 0.2) is 0 Å². The van der Waals surface area contributed by atoms with Gasteiger partial charge in [0, 0.05) is 12.3 Å². The summed E-state index contributed by atoms with van der Waals surface area (Å²) < 4.78 is 23.4. The van der Waals surface area contributed by atoms with E-state index in [0.717, 1.165) is 0 Å². The van der Waals surface area contributed by atoms with Gasteiger partial charge >= 0.3 is 7.60 Å². The van der Waals surface area contributed by atoms with E-state index in [0.29, 0.717) is 25.8 Å². The lowest BCUT2D eigenvalue weighted by molar-refractivity contribution is -0.123. The summed E-state index contributed by atoms with van der Waals surface area (Å²) in [6.07, 6.45) is 0.724. The summed E-state index contributed by atoms with van der Waals surface area (Å²) in [5, 5.41) is 0. The minimum atomic E-state index is -3.11. The molecule has 0 amide bonds. The summed E-state index contributed by atoms with van der Waals surface area (Å²) in [4.78, 5) is 12.0. The largest absolute Gasteiger partial charge is 0.330 e. The summed E-state index contributed by atoms with van der Waals surface area (Å²) in [5.74, 6) is 0.184. The Labute approximate surface area is 124 Å². The number of Topliss-reactive ketones (excluding diaryl/α,β-unsaturated/α-hetero) is 1. The van der Waals surface area contributed by atoms with E-state index >= 15 is 0 Å². The third kappa shape index (κ3) is 7.01. The molecule has 5 heteroatoms. The van der Waals surface area contributed by atoms with E-state index in [4.69, 9.17) is 9.05 Å². The van der Waals surface area contributed by atoms with Gasteiger partial charge in [-0.2, -0.15) is 0 Å². The van der Waals surface area contributed by atoms with Crippen LogP contribution in [0.5, 0.6) is 0 Å². The van der Waals surface area contributed by atoms with Gasteiger partial charge in [-0.3, -0.25) is 9.36 Å². The molecule has 0 radical (unpaired) electrons. The summed E-state index contributed by atoms with van der Waals surface area (Å²) in [6, 6.07) is 0. The Hall–Kier alpha value is -0.180. The first-order chi connectivity index (χ1) is 9.05. The van der Waals surface area contributed by atoms with Crippen molar-refractivity contribution < 1.29 is 18.4 Å². The van der Waals surface area contributed by atoms with Crippen LogP contribution < -0.4 is 0 Å². The number of ketones is 1. The van der Waals surface area contributed by atoms with Crippen molar-refractivity contribution >= 4 is 13.4 Å². The number of carbonyl (C=O) groups is 1. The average Bonchev–Trinajstić information content (AvgIpc) is 2.27. The summed E-state index contributed by atoms with van der Waals surface area (Å²) >= 11 is 0. The lowest BCUT2D eigenvalue weighted by Crippen LogP contribution is -2.28. The fraction of sp³-hybridized carbons (Fsp3) is 0.933. The fourth-order valence-electron chi connectivity index (χ4n) is 1.93. The first-order valence-corrected chi connectivity index (χ1v) is 9.19. The smallest absolute Gasteiger partial charge is 0.309 e. The van der Waals surface area contributed by atoms with Crippen molar-refractivity contribution in [3.8, 4) is 0 Å². The van der Waals surface area contributed by atoms with E-state index < -0.39 is 7.60 Å². The molecule has 0 heterocycles. The van der Waals surface area contributed by atoms with Crippen LogP contribution in [0.3, 0.4) is 0 Å². The average molecular weight is 306 g/mol. The predicted octanol–water partition coefficient (Wildman–Crippen LogP) is 4.53. The first kappa shape index (κ1) is 19.8. The van der Waals surface area contributed by atoms with Crippen LogP contribution in [0, 0.1) is 17.3 Å². The molecule has 0 saturated carbocycles. The molecule has 0 N–H and O–H groups in total. The maximum atomic E-state index is 12.7. The Morgan fingerprint density at radius 2 is 1.55 bits per heavy atom. The molecule has 120 valence electrons. The van der Waals surface area contributed by atoms with E-state index in [1.807, 2.05) is 13.8 Å². The molecule has 4 nitrogen and oxygen atoms in total. The zero-order valence-electron chi connectivity index (χ0n) is 14.1. The van der Waals surface area contributed by atoms with Gasteiger partial charge in [-0.1, -0.05) is 34.6 Å². The third-order valence-corrected chi connectivity index (χ3v) is 5.60. The maximum Gasteiger partial charge on any atom is 0.330 e. The predicted molar refractivity (Wildman–Crippen MR) is 83.1 cm³/mol. The summed E-state index contributed by atoms with van der Waals surface area (Å²) in [7, 11) is -3.11. The molecule has 20 heavy (non-hydrogen) atoms. The van der Waals surface area contributed by atoms with E-state index in [1.165, 1.54) is 0 Å². The Morgan fingerprint density at radius 1 is 1.10 bits per heavy atom. The van der Waals surface area contributed by atoms with Gasteiger partial charge in [-0.15, -0.1) is 0 Å². The number of rotatable bonds is 9. The SMILES string of the molecule is CCOP(=O)(C[C@@H](CC(=O)C(C)C)C(C)(C)C)OCC. The molecule has 0 aliphatic heterocycles. The van der Waals surface area contributed by atoms with Gasteiger partial charge in [0.25, 0.3) is 0 Å². The van der Waals surface area contributed by atoms with Gasteiger partial charge in [-0.25, -0.2) is 0 Å². The topological polar surface area (TPSA) is 52.6 Å². The minimum Gasteiger partial charge on any atom is -0.309 e. The second-order valence-corrected chi connectivity index (χ2v) is 8.62. The highest BCUT2D eigenvalue weighted by molar-refractivity contribution is 7.53. The van der Waals surface area contributed by atoms with Crippen molar-refractivity contribution in [2.24, 2.45) is 17.3 Å². The fourth-order valence-corrected chi connectivity index (χ4v) is 4.22. The van der Waals surface area contributed by atoms with Crippen LogP contribution in [0.2, 0.25) is 0 Å². The second-order valence-electron chi connectivity index (χ2n) is 6.52. The summed E-state index contributed by atoms with van der Waals surface area (Å²) in [5.41, 5.74) is -0.117. The van der Waals surface area contributed by atoms with Crippen LogP contribution in [-0.4, -0.2) is 25.2 Å². The molecule has 0 bridgehead atoms. The van der Waals surface area contributed by atoms with Crippen molar-refractivity contribution in [3.05, 3.63) is 0 Å². The van der Waals surface area contributed by atoms with Crippen LogP contribution in [-0.2, 0) is 18.4 Å². The van der Waals surface area contributed by atoms with E-state index in [9.17, 15) is 9.36 Å². The van der Waals surface area contributed by atoms with Crippen LogP contribution in [0.1, 0.15) is 54.9 Å². The van der Waals surface area contributed by atoms with Gasteiger partial charge in [0.05, 0.1) is 19.4 Å². The van der Waals surface area contributed by atoms with E-state index in [1.54, 1.807) is 13.8 Å². The zero-order valence-corrected chi connectivity index (χ0v) is 15.0. The molecular formula is C15H31O4P. The molecule has 0 aliphatic carbocycles. The monoisotopic (exact) mass is 306 g/mol. The van der Waals surface area contributed by atoms with Crippen LogP contribution >= 0.6 is 7.60 Å². The number of hydrogen-bond donors (Lipinski definition) is 0. The first-order valence-electron chi connectivity index (χ1n) is 7.46. The molecule has 0 aromatic carbocycles. The standard InChI is InChI=1S/C15H31O4P/c1-8-18-20(17,19-9-2)11-13(15(5,6)7)10-14(16)12(3)4/h12-13H,8-11H2,1-7H3/t13-/m1/s1. The molecule has 0 aliphatic rings. The highest BCUT2D eigenvalue weighted by Crippen LogP contribution is 2.52. The highest BCUT2D eigenvalue weighted by Gasteiger charge is 2.36.